The van der Waals surface area contributed by atoms with Crippen LogP contribution in [0.2, 0.25) is 0 Å². The second kappa shape index (κ2) is 5.21. The van der Waals surface area contributed by atoms with Gasteiger partial charge in [0, 0.05) is 12.6 Å². The molecule has 1 amide bonds. The summed E-state index contributed by atoms with van der Waals surface area (Å²) in [5, 5.41) is 6.47. The summed E-state index contributed by atoms with van der Waals surface area (Å²) in [5.74, 6) is 3.35. The number of amides is 1. The lowest BCUT2D eigenvalue weighted by atomic mass is 9.96. The summed E-state index contributed by atoms with van der Waals surface area (Å²) in [6.45, 7) is 3.99. The minimum atomic E-state index is 0.194. The molecular weight excluding hydrogens is 208 g/mol. The predicted molar refractivity (Wildman–Crippen MR) is 64.0 cm³/mol. The van der Waals surface area contributed by atoms with Gasteiger partial charge < -0.3 is 10.6 Å². The van der Waals surface area contributed by atoms with Crippen molar-refractivity contribution in [2.75, 3.05) is 24.6 Å². The largest absolute Gasteiger partial charge is 0.353 e. The fraction of sp³-hybridized carbons (Fsp3) is 0.909. The first kappa shape index (κ1) is 11.3. The van der Waals surface area contributed by atoms with Crippen LogP contribution >= 0.6 is 11.8 Å². The van der Waals surface area contributed by atoms with E-state index in [1.807, 2.05) is 11.8 Å². The zero-order chi connectivity index (χ0) is 10.7. The van der Waals surface area contributed by atoms with Crippen molar-refractivity contribution in [1.29, 1.82) is 0 Å². The van der Waals surface area contributed by atoms with Gasteiger partial charge >= 0.3 is 0 Å². The predicted octanol–water partition coefficient (Wildman–Crippen LogP) is 0.854. The Bertz CT molecular complexity index is 229. The van der Waals surface area contributed by atoms with E-state index in [1.54, 1.807) is 0 Å². The van der Waals surface area contributed by atoms with E-state index in [9.17, 15) is 4.79 Å². The SMILES string of the molecule is C[C@@H]1CNC[C@H]1C(=O)NC1CCSCC1. The van der Waals surface area contributed by atoms with Gasteiger partial charge in [-0.25, -0.2) is 0 Å². The van der Waals surface area contributed by atoms with Crippen molar-refractivity contribution in [3.63, 3.8) is 0 Å². The molecule has 2 rings (SSSR count). The Kier molecular flexibility index (Phi) is 3.92. The minimum Gasteiger partial charge on any atom is -0.353 e. The molecule has 0 spiro atoms. The molecule has 0 aliphatic carbocycles. The molecule has 2 heterocycles. The van der Waals surface area contributed by atoms with Gasteiger partial charge in [0.05, 0.1) is 5.92 Å². The van der Waals surface area contributed by atoms with Gasteiger partial charge in [-0.2, -0.15) is 11.8 Å². The van der Waals surface area contributed by atoms with Gasteiger partial charge in [-0.3, -0.25) is 4.79 Å². The molecule has 0 aromatic rings. The molecule has 0 radical (unpaired) electrons. The lowest BCUT2D eigenvalue weighted by molar-refractivity contribution is -0.126. The van der Waals surface area contributed by atoms with Gasteiger partial charge in [0.15, 0.2) is 0 Å². The molecule has 2 atom stereocenters. The summed E-state index contributed by atoms with van der Waals surface area (Å²) in [7, 11) is 0. The number of hydrogen-bond donors (Lipinski definition) is 2. The van der Waals surface area contributed by atoms with Gasteiger partial charge in [0.1, 0.15) is 0 Å². The number of hydrogen-bond acceptors (Lipinski definition) is 3. The first-order chi connectivity index (χ1) is 7.27. The van der Waals surface area contributed by atoms with Crippen molar-refractivity contribution in [3.8, 4) is 0 Å². The van der Waals surface area contributed by atoms with Crippen molar-refractivity contribution in [2.24, 2.45) is 11.8 Å². The Morgan fingerprint density at radius 2 is 2.07 bits per heavy atom. The number of carbonyl (C=O) groups is 1. The average Bonchev–Trinajstić information content (AvgIpc) is 2.66. The third-order valence-corrected chi connectivity index (χ3v) is 4.47. The van der Waals surface area contributed by atoms with E-state index in [4.69, 9.17) is 0 Å². The van der Waals surface area contributed by atoms with Crippen molar-refractivity contribution in [1.82, 2.24) is 10.6 Å². The number of thioether (sulfide) groups is 1. The van der Waals surface area contributed by atoms with Crippen LogP contribution in [0.4, 0.5) is 0 Å². The van der Waals surface area contributed by atoms with Gasteiger partial charge in [-0.05, 0) is 36.8 Å². The van der Waals surface area contributed by atoms with Crippen LogP contribution in [0.1, 0.15) is 19.8 Å². The fourth-order valence-electron chi connectivity index (χ4n) is 2.31. The molecule has 0 aromatic heterocycles. The monoisotopic (exact) mass is 228 g/mol. The minimum absolute atomic E-state index is 0.194. The van der Waals surface area contributed by atoms with Crippen LogP contribution in [0.3, 0.4) is 0 Å². The Morgan fingerprint density at radius 1 is 1.33 bits per heavy atom. The smallest absolute Gasteiger partial charge is 0.224 e. The van der Waals surface area contributed by atoms with Crippen molar-refractivity contribution >= 4 is 17.7 Å². The third-order valence-electron chi connectivity index (χ3n) is 3.42. The van der Waals surface area contributed by atoms with Crippen LogP contribution in [0, 0.1) is 11.8 Å². The molecule has 0 bridgehead atoms. The van der Waals surface area contributed by atoms with Crippen molar-refractivity contribution in [3.05, 3.63) is 0 Å². The Balaban J connectivity index is 1.80. The molecule has 2 aliphatic heterocycles. The average molecular weight is 228 g/mol. The van der Waals surface area contributed by atoms with E-state index in [-0.39, 0.29) is 11.8 Å². The molecule has 0 unspecified atom stereocenters. The van der Waals surface area contributed by atoms with Gasteiger partial charge in [-0.1, -0.05) is 6.92 Å². The quantitative estimate of drug-likeness (QED) is 0.736. The summed E-state index contributed by atoms with van der Waals surface area (Å²) in [5.41, 5.74) is 0. The van der Waals surface area contributed by atoms with E-state index in [2.05, 4.69) is 17.6 Å². The lowest BCUT2D eigenvalue weighted by Crippen LogP contribution is -2.42. The van der Waals surface area contributed by atoms with Crippen molar-refractivity contribution < 1.29 is 4.79 Å². The maximum absolute atomic E-state index is 12.0. The van der Waals surface area contributed by atoms with E-state index in [1.165, 1.54) is 11.5 Å². The molecule has 0 aromatic carbocycles. The first-order valence-electron chi connectivity index (χ1n) is 5.86. The van der Waals surface area contributed by atoms with E-state index in [0.717, 1.165) is 25.9 Å². The highest BCUT2D eigenvalue weighted by molar-refractivity contribution is 7.99. The summed E-state index contributed by atoms with van der Waals surface area (Å²) in [6, 6.07) is 0.437. The van der Waals surface area contributed by atoms with Gasteiger partial charge in [-0.15, -0.1) is 0 Å². The Labute approximate surface area is 95.8 Å². The van der Waals surface area contributed by atoms with Gasteiger partial charge in [0.2, 0.25) is 5.91 Å². The zero-order valence-corrected chi connectivity index (χ0v) is 10.1. The maximum Gasteiger partial charge on any atom is 0.224 e. The molecular formula is C11H20N2OS. The Hall–Kier alpha value is -0.220. The molecule has 86 valence electrons. The highest BCUT2D eigenvalue weighted by Gasteiger charge is 2.30. The van der Waals surface area contributed by atoms with Gasteiger partial charge in [0.25, 0.3) is 0 Å². The highest BCUT2D eigenvalue weighted by atomic mass is 32.2. The second-order valence-corrected chi connectivity index (χ2v) is 5.86. The van der Waals surface area contributed by atoms with Crippen LogP contribution in [-0.4, -0.2) is 36.5 Å². The second-order valence-electron chi connectivity index (χ2n) is 4.64. The zero-order valence-electron chi connectivity index (χ0n) is 9.29. The van der Waals surface area contributed by atoms with E-state index in [0.29, 0.717) is 12.0 Å². The molecule has 2 aliphatic rings. The number of rotatable bonds is 2. The molecule has 2 N–H and O–H groups in total. The molecule has 3 nitrogen and oxygen atoms in total. The van der Waals surface area contributed by atoms with Crippen LogP contribution in [0.5, 0.6) is 0 Å². The lowest BCUT2D eigenvalue weighted by Gasteiger charge is -2.25. The normalized spacial score (nSPS) is 32.9. The summed E-state index contributed by atoms with van der Waals surface area (Å²) in [6.07, 6.45) is 2.29. The molecule has 4 heteroatoms. The Morgan fingerprint density at radius 3 is 2.67 bits per heavy atom. The summed E-state index contributed by atoms with van der Waals surface area (Å²) < 4.78 is 0. The van der Waals surface area contributed by atoms with Crippen LogP contribution in [-0.2, 0) is 4.79 Å². The molecule has 0 saturated carbocycles. The first-order valence-corrected chi connectivity index (χ1v) is 7.01. The highest BCUT2D eigenvalue weighted by Crippen LogP contribution is 2.20. The van der Waals surface area contributed by atoms with E-state index >= 15 is 0 Å². The van der Waals surface area contributed by atoms with Crippen LogP contribution in [0.25, 0.3) is 0 Å². The summed E-state index contributed by atoms with van der Waals surface area (Å²) >= 11 is 1.99. The molecule has 2 fully saturated rings. The summed E-state index contributed by atoms with van der Waals surface area (Å²) in [4.78, 5) is 12.0. The fourth-order valence-corrected chi connectivity index (χ4v) is 3.42. The third kappa shape index (κ3) is 2.88. The van der Waals surface area contributed by atoms with E-state index < -0.39 is 0 Å². The maximum atomic E-state index is 12.0. The standard InChI is InChI=1S/C11H20N2OS/c1-8-6-12-7-10(8)11(14)13-9-2-4-15-5-3-9/h8-10,12H,2-7H2,1H3,(H,13,14)/t8-,10-/m1/s1. The van der Waals surface area contributed by atoms with Crippen molar-refractivity contribution in [2.45, 2.75) is 25.8 Å². The molecule has 2 saturated heterocycles. The topological polar surface area (TPSA) is 41.1 Å². The molecule has 15 heavy (non-hydrogen) atoms. The van der Waals surface area contributed by atoms with Crippen LogP contribution < -0.4 is 10.6 Å². The number of carbonyl (C=O) groups excluding carboxylic acids is 1. The van der Waals surface area contributed by atoms with Crippen LogP contribution in [0.15, 0.2) is 0 Å². The number of nitrogens with one attached hydrogen (secondary N) is 2.